The third-order valence-electron chi connectivity index (χ3n) is 6.08. The van der Waals surface area contributed by atoms with Crippen LogP contribution in [0.5, 0.6) is 0 Å². The van der Waals surface area contributed by atoms with E-state index in [1.54, 1.807) is 11.0 Å². The van der Waals surface area contributed by atoms with E-state index in [1.807, 2.05) is 0 Å². The molecular formula is C21H27ClFN3O3. The summed E-state index contributed by atoms with van der Waals surface area (Å²) in [6.45, 7) is 2.49. The largest absolute Gasteiger partial charge is 0.381 e. The number of nitrogens with zero attached hydrogens (tertiary/aromatic N) is 2. The van der Waals surface area contributed by atoms with Gasteiger partial charge < -0.3 is 19.9 Å². The Bertz CT molecular complexity index is 760. The molecule has 1 aliphatic carbocycles. The number of urea groups is 1. The Morgan fingerprint density at radius 2 is 1.72 bits per heavy atom. The molecule has 1 aromatic rings. The average molecular weight is 424 g/mol. The molecule has 29 heavy (non-hydrogen) atoms. The lowest BCUT2D eigenvalue weighted by Gasteiger charge is -2.43. The fraction of sp³-hybridized carbons (Fsp3) is 0.619. The van der Waals surface area contributed by atoms with Crippen molar-refractivity contribution in [1.82, 2.24) is 9.80 Å². The monoisotopic (exact) mass is 423 g/mol. The van der Waals surface area contributed by atoms with E-state index in [1.165, 1.54) is 12.1 Å². The van der Waals surface area contributed by atoms with Gasteiger partial charge >= 0.3 is 6.03 Å². The summed E-state index contributed by atoms with van der Waals surface area (Å²) >= 11 is 5.76. The molecule has 1 N–H and O–H groups in total. The van der Waals surface area contributed by atoms with Crippen LogP contribution in [0.25, 0.3) is 0 Å². The highest BCUT2D eigenvalue weighted by atomic mass is 35.5. The number of rotatable bonds is 4. The number of amides is 3. The van der Waals surface area contributed by atoms with Gasteiger partial charge in [-0.1, -0.05) is 11.6 Å². The van der Waals surface area contributed by atoms with E-state index in [0.717, 1.165) is 38.5 Å². The number of likely N-dealkylation sites (tertiary alicyclic amines) is 1. The van der Waals surface area contributed by atoms with Crippen molar-refractivity contribution in [2.75, 3.05) is 31.6 Å². The van der Waals surface area contributed by atoms with Crippen LogP contribution in [0.2, 0.25) is 5.02 Å². The first-order valence-electron chi connectivity index (χ1n) is 10.4. The molecule has 1 aromatic carbocycles. The smallest absolute Gasteiger partial charge is 0.321 e. The van der Waals surface area contributed by atoms with Crippen molar-refractivity contribution in [3.63, 3.8) is 0 Å². The van der Waals surface area contributed by atoms with E-state index in [0.29, 0.717) is 26.3 Å². The summed E-state index contributed by atoms with van der Waals surface area (Å²) in [5, 5.41) is 2.91. The van der Waals surface area contributed by atoms with Crippen molar-refractivity contribution < 1.29 is 18.7 Å². The van der Waals surface area contributed by atoms with E-state index in [4.69, 9.17) is 16.3 Å². The highest BCUT2D eigenvalue weighted by Crippen LogP contribution is 2.35. The number of halogens is 2. The van der Waals surface area contributed by atoms with Gasteiger partial charge in [0.2, 0.25) is 5.91 Å². The van der Waals surface area contributed by atoms with Gasteiger partial charge in [0, 0.05) is 49.3 Å². The number of benzene rings is 1. The van der Waals surface area contributed by atoms with Crippen molar-refractivity contribution in [2.24, 2.45) is 5.92 Å². The van der Waals surface area contributed by atoms with Crippen LogP contribution in [0.1, 0.15) is 38.5 Å². The molecule has 2 heterocycles. The van der Waals surface area contributed by atoms with Crippen LogP contribution < -0.4 is 5.32 Å². The molecule has 3 aliphatic rings. The van der Waals surface area contributed by atoms with Gasteiger partial charge in [-0.2, -0.15) is 0 Å². The Balaban J connectivity index is 1.36. The molecule has 8 heteroatoms. The molecule has 1 saturated carbocycles. The summed E-state index contributed by atoms with van der Waals surface area (Å²) < 4.78 is 19.4. The predicted octanol–water partition coefficient (Wildman–Crippen LogP) is 3.89. The highest BCUT2D eigenvalue weighted by Gasteiger charge is 2.41. The van der Waals surface area contributed by atoms with Crippen LogP contribution in [0.3, 0.4) is 0 Å². The van der Waals surface area contributed by atoms with E-state index in [-0.39, 0.29) is 40.6 Å². The quantitative estimate of drug-likeness (QED) is 0.799. The van der Waals surface area contributed by atoms with Crippen LogP contribution in [-0.4, -0.2) is 60.1 Å². The van der Waals surface area contributed by atoms with Gasteiger partial charge in [-0.3, -0.25) is 4.79 Å². The fourth-order valence-electron chi connectivity index (χ4n) is 4.29. The summed E-state index contributed by atoms with van der Waals surface area (Å²) in [5.74, 6) is -0.0865. The molecule has 3 amide bonds. The second kappa shape index (κ2) is 8.88. The van der Waals surface area contributed by atoms with Gasteiger partial charge in [0.05, 0.1) is 5.69 Å². The van der Waals surface area contributed by atoms with Crippen LogP contribution >= 0.6 is 11.6 Å². The minimum atomic E-state index is -0.554. The maximum Gasteiger partial charge on any atom is 0.321 e. The SMILES string of the molecule is O=C(Nc1ccc(Cl)cc1F)N1CCC(N(C(=O)C2CC2)C2CCOCC2)CC1. The summed E-state index contributed by atoms with van der Waals surface area (Å²) in [5.41, 5.74) is 0.120. The number of nitrogens with one attached hydrogen (secondary N) is 1. The fourth-order valence-corrected chi connectivity index (χ4v) is 4.45. The average Bonchev–Trinajstić information content (AvgIpc) is 3.57. The molecule has 3 fully saturated rings. The molecule has 0 bridgehead atoms. The van der Waals surface area contributed by atoms with Crippen molar-refractivity contribution in [2.45, 2.75) is 50.6 Å². The first kappa shape index (κ1) is 20.4. The van der Waals surface area contributed by atoms with Gasteiger partial charge in [-0.25, -0.2) is 9.18 Å². The van der Waals surface area contributed by atoms with Crippen LogP contribution in [0.4, 0.5) is 14.9 Å². The van der Waals surface area contributed by atoms with Crippen molar-refractivity contribution >= 4 is 29.2 Å². The minimum absolute atomic E-state index is 0.120. The topological polar surface area (TPSA) is 61.9 Å². The molecule has 6 nitrogen and oxygen atoms in total. The third-order valence-corrected chi connectivity index (χ3v) is 6.32. The van der Waals surface area contributed by atoms with E-state index >= 15 is 0 Å². The van der Waals surface area contributed by atoms with Gasteiger partial charge in [-0.15, -0.1) is 0 Å². The van der Waals surface area contributed by atoms with Crippen LogP contribution in [0, 0.1) is 11.7 Å². The lowest BCUT2D eigenvalue weighted by Crippen LogP contribution is -2.54. The Morgan fingerprint density at radius 3 is 2.34 bits per heavy atom. The van der Waals surface area contributed by atoms with Gasteiger partial charge in [0.25, 0.3) is 0 Å². The highest BCUT2D eigenvalue weighted by molar-refractivity contribution is 6.30. The number of hydrogen-bond acceptors (Lipinski definition) is 3. The van der Waals surface area contributed by atoms with Gasteiger partial charge in [-0.05, 0) is 56.7 Å². The van der Waals surface area contributed by atoms with Gasteiger partial charge in [0.1, 0.15) is 5.82 Å². The molecule has 2 saturated heterocycles. The molecule has 158 valence electrons. The summed E-state index contributed by atoms with van der Waals surface area (Å²) in [4.78, 5) is 29.3. The molecule has 4 rings (SSSR count). The van der Waals surface area contributed by atoms with Crippen molar-refractivity contribution in [3.05, 3.63) is 29.0 Å². The lowest BCUT2D eigenvalue weighted by atomic mass is 9.97. The Kier molecular flexibility index (Phi) is 6.25. The standard InChI is InChI=1S/C21H27ClFN3O3/c22-15-3-4-19(18(23)13-15)24-21(28)25-9-5-16(6-10-25)26(20(27)14-1-2-14)17-7-11-29-12-8-17/h3-4,13-14,16-17H,1-2,5-12H2,(H,24,28). The number of anilines is 1. The third kappa shape index (κ3) is 4.83. The number of carbonyl (C=O) groups is 2. The lowest BCUT2D eigenvalue weighted by molar-refractivity contribution is -0.141. The van der Waals surface area contributed by atoms with Crippen molar-refractivity contribution in [3.8, 4) is 0 Å². The van der Waals surface area contributed by atoms with Crippen LogP contribution in [-0.2, 0) is 9.53 Å². The molecule has 0 atom stereocenters. The number of piperidine rings is 1. The zero-order chi connectivity index (χ0) is 20.4. The van der Waals surface area contributed by atoms with E-state index < -0.39 is 5.82 Å². The normalized spacial score (nSPS) is 21.1. The summed E-state index contributed by atoms with van der Waals surface area (Å²) in [6, 6.07) is 4.26. The number of carbonyl (C=O) groups excluding carboxylic acids is 2. The number of ether oxygens (including phenoxy) is 1. The van der Waals surface area contributed by atoms with E-state index in [9.17, 15) is 14.0 Å². The molecule has 0 radical (unpaired) electrons. The second-order valence-electron chi connectivity index (χ2n) is 8.14. The van der Waals surface area contributed by atoms with Crippen molar-refractivity contribution in [1.29, 1.82) is 0 Å². The summed E-state index contributed by atoms with van der Waals surface area (Å²) in [7, 11) is 0. The van der Waals surface area contributed by atoms with Crippen LogP contribution in [0.15, 0.2) is 18.2 Å². The Hall–Kier alpha value is -1.86. The second-order valence-corrected chi connectivity index (χ2v) is 8.57. The zero-order valence-electron chi connectivity index (χ0n) is 16.4. The molecule has 0 spiro atoms. The summed E-state index contributed by atoms with van der Waals surface area (Å²) in [6.07, 6.45) is 5.24. The predicted molar refractivity (Wildman–Crippen MR) is 108 cm³/mol. The first-order chi connectivity index (χ1) is 14.0. The van der Waals surface area contributed by atoms with Gasteiger partial charge in [0.15, 0.2) is 0 Å². The molecular weight excluding hydrogens is 397 g/mol. The maximum absolute atomic E-state index is 14.0. The van der Waals surface area contributed by atoms with E-state index in [2.05, 4.69) is 10.2 Å². The molecule has 2 aliphatic heterocycles. The molecule has 0 unspecified atom stereocenters. The Morgan fingerprint density at radius 1 is 1.07 bits per heavy atom. The molecule has 0 aromatic heterocycles. The zero-order valence-corrected chi connectivity index (χ0v) is 17.2. The maximum atomic E-state index is 14.0. The minimum Gasteiger partial charge on any atom is -0.381 e. The number of hydrogen-bond donors (Lipinski definition) is 1. The Labute approximate surface area is 175 Å². The first-order valence-corrected chi connectivity index (χ1v) is 10.8.